The van der Waals surface area contributed by atoms with Crippen LogP contribution in [0.2, 0.25) is 0 Å². The summed E-state index contributed by atoms with van der Waals surface area (Å²) in [6.45, 7) is 4.74. The van der Waals surface area contributed by atoms with E-state index in [0.29, 0.717) is 35.7 Å². The molecule has 28 heavy (non-hydrogen) atoms. The topological polar surface area (TPSA) is 80.6 Å². The average molecular weight is 424 g/mol. The largest absolute Gasteiger partial charge is 0.463 e. The molecular formula is C18H25N5O3S2. The van der Waals surface area contributed by atoms with Gasteiger partial charge in [0.2, 0.25) is 11.9 Å². The van der Waals surface area contributed by atoms with E-state index in [1.165, 1.54) is 43.5 Å². The zero-order valence-corrected chi connectivity index (χ0v) is 17.6. The molecule has 152 valence electrons. The third kappa shape index (κ3) is 4.32. The van der Waals surface area contributed by atoms with Gasteiger partial charge in [-0.15, -0.1) is 10.2 Å². The van der Waals surface area contributed by atoms with Crippen molar-refractivity contribution in [3.05, 3.63) is 11.1 Å². The third-order valence-corrected chi connectivity index (χ3v) is 6.88. The van der Waals surface area contributed by atoms with Gasteiger partial charge in [0, 0.05) is 31.4 Å². The smallest absolute Gasteiger partial charge is 0.333 e. The number of carbonyl (C=O) groups is 2. The van der Waals surface area contributed by atoms with Gasteiger partial charge in [0.1, 0.15) is 0 Å². The summed E-state index contributed by atoms with van der Waals surface area (Å²) in [7, 11) is 0. The maximum absolute atomic E-state index is 12.2. The van der Waals surface area contributed by atoms with E-state index in [1.54, 1.807) is 23.6 Å². The Bertz CT molecular complexity index is 771. The maximum atomic E-state index is 12.2. The molecule has 1 aromatic heterocycles. The van der Waals surface area contributed by atoms with E-state index in [1.807, 2.05) is 0 Å². The van der Waals surface area contributed by atoms with Gasteiger partial charge in [0.15, 0.2) is 5.16 Å². The highest BCUT2D eigenvalue weighted by molar-refractivity contribution is 8.04. The Morgan fingerprint density at radius 1 is 1.32 bits per heavy atom. The first-order valence-corrected chi connectivity index (χ1v) is 11.8. The van der Waals surface area contributed by atoms with Crippen LogP contribution in [0.5, 0.6) is 0 Å². The minimum atomic E-state index is -0.402. The lowest BCUT2D eigenvalue weighted by Crippen LogP contribution is -2.27. The molecular weight excluding hydrogens is 398 g/mol. The molecule has 1 amide bonds. The number of nitrogens with zero attached hydrogens (tertiary/aromatic N) is 5. The van der Waals surface area contributed by atoms with Crippen molar-refractivity contribution in [3.63, 3.8) is 0 Å². The number of anilines is 1. The van der Waals surface area contributed by atoms with Crippen molar-refractivity contribution < 1.29 is 14.3 Å². The SMILES string of the molecule is CCOC(=O)/C=C1\SCC(=O)N1CCSc1nnc(N2CCCC2)n1C1CC1. The van der Waals surface area contributed by atoms with Gasteiger partial charge in [-0.2, -0.15) is 0 Å². The third-order valence-electron chi connectivity index (χ3n) is 4.93. The Morgan fingerprint density at radius 2 is 2.11 bits per heavy atom. The molecule has 0 atom stereocenters. The molecule has 0 N–H and O–H groups in total. The van der Waals surface area contributed by atoms with Crippen LogP contribution >= 0.6 is 23.5 Å². The van der Waals surface area contributed by atoms with E-state index >= 15 is 0 Å². The Morgan fingerprint density at radius 3 is 2.82 bits per heavy atom. The summed E-state index contributed by atoms with van der Waals surface area (Å²) in [5.74, 6) is 1.70. The number of rotatable bonds is 8. The van der Waals surface area contributed by atoms with Crippen LogP contribution in [0.3, 0.4) is 0 Å². The summed E-state index contributed by atoms with van der Waals surface area (Å²) < 4.78 is 7.25. The molecule has 1 aliphatic carbocycles. The molecule has 0 aromatic carbocycles. The fourth-order valence-electron chi connectivity index (χ4n) is 3.43. The van der Waals surface area contributed by atoms with Gasteiger partial charge < -0.3 is 14.5 Å². The lowest BCUT2D eigenvalue weighted by molar-refractivity contribution is -0.137. The molecule has 3 aliphatic rings. The van der Waals surface area contributed by atoms with Crippen LogP contribution in [0.4, 0.5) is 5.95 Å². The predicted molar refractivity (Wildman–Crippen MR) is 109 cm³/mol. The molecule has 2 saturated heterocycles. The Labute approximate surface area is 173 Å². The van der Waals surface area contributed by atoms with Gasteiger partial charge in [-0.05, 0) is 32.6 Å². The fraction of sp³-hybridized carbons (Fsp3) is 0.667. The molecule has 0 spiro atoms. The summed E-state index contributed by atoms with van der Waals surface area (Å²) in [4.78, 5) is 27.9. The number of hydrogen-bond acceptors (Lipinski definition) is 8. The normalized spacial score (nSPS) is 21.2. The molecule has 1 aromatic rings. The molecule has 3 heterocycles. The van der Waals surface area contributed by atoms with Crippen molar-refractivity contribution in [1.82, 2.24) is 19.7 Å². The summed E-state index contributed by atoms with van der Waals surface area (Å²) >= 11 is 3.02. The van der Waals surface area contributed by atoms with E-state index in [0.717, 1.165) is 24.2 Å². The van der Waals surface area contributed by atoms with Crippen LogP contribution in [0.25, 0.3) is 0 Å². The number of carbonyl (C=O) groups excluding carboxylic acids is 2. The summed E-state index contributed by atoms with van der Waals surface area (Å²) in [5, 5.41) is 10.5. The van der Waals surface area contributed by atoms with E-state index in [-0.39, 0.29) is 5.91 Å². The number of hydrogen-bond donors (Lipinski definition) is 0. The highest BCUT2D eigenvalue weighted by Gasteiger charge is 2.33. The molecule has 10 heteroatoms. The lowest BCUT2D eigenvalue weighted by Gasteiger charge is -2.19. The minimum Gasteiger partial charge on any atom is -0.463 e. The van der Waals surface area contributed by atoms with Gasteiger partial charge in [0.25, 0.3) is 0 Å². The van der Waals surface area contributed by atoms with Crippen molar-refractivity contribution in [2.75, 3.05) is 42.6 Å². The second-order valence-corrected chi connectivity index (χ2v) is 9.05. The second kappa shape index (κ2) is 8.77. The Hall–Kier alpha value is -1.68. The van der Waals surface area contributed by atoms with Crippen LogP contribution in [0, 0.1) is 0 Å². The number of amides is 1. The number of thioether (sulfide) groups is 2. The van der Waals surface area contributed by atoms with E-state index < -0.39 is 5.97 Å². The van der Waals surface area contributed by atoms with Crippen LogP contribution in [0.1, 0.15) is 38.6 Å². The number of aromatic nitrogens is 3. The molecule has 0 bridgehead atoms. The van der Waals surface area contributed by atoms with Gasteiger partial charge in [-0.3, -0.25) is 9.36 Å². The monoisotopic (exact) mass is 423 g/mol. The number of ether oxygens (including phenoxy) is 1. The minimum absolute atomic E-state index is 0.0302. The van der Waals surface area contributed by atoms with Crippen molar-refractivity contribution in [3.8, 4) is 0 Å². The fourth-order valence-corrected chi connectivity index (χ4v) is 5.32. The molecule has 1 saturated carbocycles. The zero-order chi connectivity index (χ0) is 19.5. The number of esters is 1. The first kappa shape index (κ1) is 19.6. The van der Waals surface area contributed by atoms with Crippen molar-refractivity contribution in [1.29, 1.82) is 0 Å². The van der Waals surface area contributed by atoms with Crippen LogP contribution in [-0.4, -0.2) is 69.3 Å². The zero-order valence-electron chi connectivity index (χ0n) is 16.0. The Kier molecular flexibility index (Phi) is 6.15. The predicted octanol–water partition coefficient (Wildman–Crippen LogP) is 2.29. The summed E-state index contributed by atoms with van der Waals surface area (Å²) in [6, 6.07) is 0.511. The van der Waals surface area contributed by atoms with Crippen molar-refractivity contribution in [2.45, 2.75) is 43.8 Å². The van der Waals surface area contributed by atoms with E-state index in [4.69, 9.17) is 4.74 Å². The van der Waals surface area contributed by atoms with Crippen molar-refractivity contribution >= 4 is 41.3 Å². The van der Waals surface area contributed by atoms with Crippen molar-refractivity contribution in [2.24, 2.45) is 0 Å². The first-order valence-electron chi connectivity index (χ1n) is 9.81. The van der Waals surface area contributed by atoms with Crippen LogP contribution < -0.4 is 4.90 Å². The van der Waals surface area contributed by atoms with E-state index in [9.17, 15) is 9.59 Å². The van der Waals surface area contributed by atoms with Gasteiger partial charge >= 0.3 is 5.97 Å². The average Bonchev–Trinajstić information content (AvgIpc) is 3.05. The highest BCUT2D eigenvalue weighted by Crippen LogP contribution is 2.41. The summed E-state index contributed by atoms with van der Waals surface area (Å²) in [6.07, 6.45) is 6.21. The molecule has 3 fully saturated rings. The molecule has 2 aliphatic heterocycles. The Balaban J connectivity index is 1.39. The molecule has 0 radical (unpaired) electrons. The van der Waals surface area contributed by atoms with Gasteiger partial charge in [0.05, 0.1) is 23.5 Å². The van der Waals surface area contributed by atoms with Crippen LogP contribution in [0.15, 0.2) is 16.3 Å². The molecule has 8 nitrogen and oxygen atoms in total. The second-order valence-electron chi connectivity index (χ2n) is 7.00. The molecule has 0 unspecified atom stereocenters. The lowest BCUT2D eigenvalue weighted by atomic mass is 10.4. The highest BCUT2D eigenvalue weighted by atomic mass is 32.2. The summed E-state index contributed by atoms with van der Waals surface area (Å²) in [5.41, 5.74) is 0. The first-order chi connectivity index (χ1) is 13.7. The standard InChI is InChI=1S/C18H25N5O3S2/c1-2-26-16(25)11-15-22(14(24)12-28-15)9-10-27-18-20-19-17(21-7-3-4-8-21)23(18)13-5-6-13/h11,13H,2-10,12H2,1H3/b15-11-. The van der Waals surface area contributed by atoms with E-state index in [2.05, 4.69) is 19.7 Å². The van der Waals surface area contributed by atoms with Crippen LogP contribution in [-0.2, 0) is 14.3 Å². The maximum Gasteiger partial charge on any atom is 0.333 e. The van der Waals surface area contributed by atoms with Gasteiger partial charge in [-0.1, -0.05) is 23.5 Å². The van der Waals surface area contributed by atoms with Gasteiger partial charge in [-0.25, -0.2) is 4.79 Å². The quantitative estimate of drug-likeness (QED) is 0.358. The molecule has 4 rings (SSSR count).